The highest BCUT2D eigenvalue weighted by Crippen LogP contribution is 2.44. The first-order chi connectivity index (χ1) is 42.9. The molecule has 3 saturated carbocycles. The monoisotopic (exact) mass is 1320 g/mol. The molecule has 3 aliphatic carbocycles. The van der Waals surface area contributed by atoms with Crippen LogP contribution in [-0.4, -0.2) is 239 Å². The van der Waals surface area contributed by atoms with Crippen molar-refractivity contribution in [3.63, 3.8) is 0 Å². The first kappa shape index (κ1) is 77.0. The van der Waals surface area contributed by atoms with Crippen molar-refractivity contribution in [1.29, 1.82) is 0 Å². The number of nitrogens with one attached hydrogen (secondary N) is 3. The van der Waals surface area contributed by atoms with Gasteiger partial charge in [0.25, 0.3) is 0 Å². The number of halogens is 4. The van der Waals surface area contributed by atoms with Crippen LogP contribution in [0, 0.1) is 41.4 Å². The third kappa shape index (κ3) is 19.7. The summed E-state index contributed by atoms with van der Waals surface area (Å²) in [6.45, 7) is 13.3. The smallest absolute Gasteiger partial charge is 0.343 e. The average Bonchev–Trinajstić information content (AvgIpc) is 1.50. The van der Waals surface area contributed by atoms with E-state index in [1.165, 1.54) is 83.6 Å². The third-order valence-corrected chi connectivity index (χ3v) is 21.1. The fourth-order valence-corrected chi connectivity index (χ4v) is 15.0. The zero-order valence-corrected chi connectivity index (χ0v) is 58.3. The molecule has 92 heavy (non-hydrogen) atoms. The second-order valence-electron chi connectivity index (χ2n) is 28.7. The van der Waals surface area contributed by atoms with Crippen LogP contribution in [0.2, 0.25) is 0 Å². The van der Waals surface area contributed by atoms with E-state index < -0.39 is 162 Å². The van der Waals surface area contributed by atoms with Crippen LogP contribution >= 0.6 is 11.6 Å². The number of fused-ring (bicyclic) bond motifs is 1. The Bertz CT molecular complexity index is 2630. The highest BCUT2D eigenvalue weighted by Gasteiger charge is 2.51. The number of alkyl halides is 4. The van der Waals surface area contributed by atoms with Crippen molar-refractivity contribution in [3.05, 3.63) is 0 Å². The minimum Gasteiger partial charge on any atom is -0.343 e. The minimum atomic E-state index is -4.49. The quantitative estimate of drug-likeness (QED) is 0.220. The van der Waals surface area contributed by atoms with E-state index in [1.807, 2.05) is 20.8 Å². The molecule has 26 heteroatoms. The molecule has 2 aliphatic heterocycles. The summed E-state index contributed by atoms with van der Waals surface area (Å²) in [6.07, 6.45) is 1.93. The van der Waals surface area contributed by atoms with Gasteiger partial charge in [-0.25, -0.2) is 0 Å². The number of carbonyl (C=O) groups is 11. The Hall–Kier alpha value is -5.75. The Kier molecular flexibility index (Phi) is 28.1. The van der Waals surface area contributed by atoms with Gasteiger partial charge in [-0.2, -0.15) is 13.2 Å². The average molecular weight is 1330 g/mol. The molecule has 522 valence electrons. The van der Waals surface area contributed by atoms with Crippen molar-refractivity contribution < 1.29 is 65.9 Å². The zero-order valence-electron chi connectivity index (χ0n) is 57.5. The van der Waals surface area contributed by atoms with E-state index in [1.54, 1.807) is 27.7 Å². The van der Waals surface area contributed by atoms with Crippen LogP contribution in [0.4, 0.5) is 13.2 Å². The molecule has 0 aromatic heterocycles. The highest BCUT2D eigenvalue weighted by atomic mass is 35.5. The second-order valence-corrected chi connectivity index (χ2v) is 29.2. The number of hydrogen-bond acceptors (Lipinski definition) is 11. The molecule has 22 nitrogen and oxygen atoms in total. The van der Waals surface area contributed by atoms with Crippen molar-refractivity contribution in [3.8, 4) is 0 Å². The van der Waals surface area contributed by atoms with Gasteiger partial charge in [0.15, 0.2) is 0 Å². The van der Waals surface area contributed by atoms with E-state index in [9.17, 15) is 56.3 Å². The van der Waals surface area contributed by atoms with Crippen molar-refractivity contribution in [2.45, 2.75) is 237 Å². The molecule has 13 atom stereocenters. The molecule has 2 heterocycles. The van der Waals surface area contributed by atoms with E-state index in [0.717, 1.165) is 30.6 Å². The lowest BCUT2D eigenvalue weighted by Crippen LogP contribution is -2.64. The fraction of sp³-hybridized carbons (Fsp3) is 0.833. The number of likely N-dealkylation sites (N-methyl/N-ethyl adjacent to an activating group) is 7. The van der Waals surface area contributed by atoms with Crippen molar-refractivity contribution >= 4 is 76.6 Å². The Morgan fingerprint density at radius 3 is 1.82 bits per heavy atom. The molecule has 0 bridgehead atoms. The molecular weight excluding hydrogens is 1220 g/mol. The summed E-state index contributed by atoms with van der Waals surface area (Å²) in [5.74, 6) is -9.13. The molecule has 5 unspecified atom stereocenters. The predicted octanol–water partition coefficient (Wildman–Crippen LogP) is 5.81. The van der Waals surface area contributed by atoms with Crippen LogP contribution in [0.15, 0.2) is 0 Å². The van der Waals surface area contributed by atoms with Gasteiger partial charge in [0, 0.05) is 73.7 Å². The summed E-state index contributed by atoms with van der Waals surface area (Å²) in [4.78, 5) is 171. The van der Waals surface area contributed by atoms with E-state index in [2.05, 4.69) is 22.9 Å². The maximum absolute atomic E-state index is 15.1. The van der Waals surface area contributed by atoms with Gasteiger partial charge in [0.1, 0.15) is 41.8 Å². The number of rotatable bonds is 10. The van der Waals surface area contributed by atoms with Crippen LogP contribution in [-0.2, 0) is 52.7 Å². The standard InChI is InChI=1S/C66H109ClF3N11O11/c1-16-42(7)56-62(90)76(11)37-54(84)74(9)38-55(85)79(14)51(35-45-22-19-21-41(6)32-45)61(89)75(10)36-52(82)71-48(27-25-44-24-26-46(47(67)34-44)66(68,69)70)60(88)81-30-20-23-49(81)59(87)73-65(28-17-18-29-65)64(92)80(15)57(40(4)5)63(91)77(12)43(8)33-53(83)78(13)50(31-39(2)3)58(86)72-56/h39-51,56-57H,16-38H2,1-15H3,(H,71,82)(H,72,86)(H,73,87)/t41?,42-,43+,44?,45?,46?,47?,48-,49-,50-,51-,56-,57-/m0/s1. The van der Waals surface area contributed by atoms with Crippen LogP contribution in [0.3, 0.4) is 0 Å². The Labute approximate surface area is 549 Å². The Morgan fingerprint density at radius 1 is 0.609 bits per heavy atom. The fourth-order valence-electron chi connectivity index (χ4n) is 14.5. The summed E-state index contributed by atoms with van der Waals surface area (Å²) in [5.41, 5.74) is -1.48. The zero-order chi connectivity index (χ0) is 69.0. The van der Waals surface area contributed by atoms with Gasteiger partial charge in [-0.3, -0.25) is 52.7 Å². The maximum atomic E-state index is 15.1. The first-order valence-electron chi connectivity index (χ1n) is 33.7. The first-order valence-corrected chi connectivity index (χ1v) is 34.1. The lowest BCUT2D eigenvalue weighted by atomic mass is 9.78. The normalized spacial score (nSPS) is 31.0. The molecule has 2 saturated heterocycles. The topological polar surface area (TPSA) is 250 Å². The van der Waals surface area contributed by atoms with Gasteiger partial charge >= 0.3 is 6.18 Å². The third-order valence-electron chi connectivity index (χ3n) is 20.7. The summed E-state index contributed by atoms with van der Waals surface area (Å²) < 4.78 is 41.8. The largest absolute Gasteiger partial charge is 0.393 e. The van der Waals surface area contributed by atoms with Crippen LogP contribution in [0.5, 0.6) is 0 Å². The summed E-state index contributed by atoms with van der Waals surface area (Å²) >= 11 is 6.37. The highest BCUT2D eigenvalue weighted by molar-refractivity contribution is 6.20. The molecule has 5 fully saturated rings. The molecule has 11 amide bonds. The van der Waals surface area contributed by atoms with Gasteiger partial charge in [0.2, 0.25) is 65.0 Å². The maximum Gasteiger partial charge on any atom is 0.393 e. The molecule has 0 aromatic carbocycles. The molecular formula is C66H109ClF3N11O11. The summed E-state index contributed by atoms with van der Waals surface area (Å²) in [5, 5.41) is 7.57. The Balaban J connectivity index is 1.55. The molecule has 0 aromatic rings. The summed E-state index contributed by atoms with van der Waals surface area (Å²) in [7, 11) is 10.2. The lowest BCUT2D eigenvalue weighted by molar-refractivity contribution is -0.182. The van der Waals surface area contributed by atoms with Crippen molar-refractivity contribution in [1.82, 2.24) is 55.1 Å². The van der Waals surface area contributed by atoms with Crippen molar-refractivity contribution in [2.24, 2.45) is 41.4 Å². The van der Waals surface area contributed by atoms with Gasteiger partial charge in [0.05, 0.1) is 25.6 Å². The summed E-state index contributed by atoms with van der Waals surface area (Å²) in [6, 6.07) is -7.53. The number of amides is 11. The Morgan fingerprint density at radius 2 is 1.23 bits per heavy atom. The lowest BCUT2D eigenvalue weighted by Gasteiger charge is -2.41. The number of carbonyl (C=O) groups excluding carboxylic acids is 11. The van der Waals surface area contributed by atoms with E-state index >= 15 is 9.59 Å². The molecule has 1 spiro atoms. The second kappa shape index (κ2) is 33.6. The van der Waals surface area contributed by atoms with Gasteiger partial charge in [-0.15, -0.1) is 11.6 Å². The van der Waals surface area contributed by atoms with Crippen LogP contribution < -0.4 is 16.0 Å². The van der Waals surface area contributed by atoms with E-state index in [4.69, 9.17) is 11.6 Å². The van der Waals surface area contributed by atoms with E-state index in [-0.39, 0.29) is 94.9 Å². The molecule has 5 rings (SSSR count). The van der Waals surface area contributed by atoms with Gasteiger partial charge < -0.3 is 55.1 Å². The van der Waals surface area contributed by atoms with Gasteiger partial charge in [-0.05, 0) is 119 Å². The predicted molar refractivity (Wildman–Crippen MR) is 343 cm³/mol. The van der Waals surface area contributed by atoms with E-state index in [0.29, 0.717) is 31.6 Å². The van der Waals surface area contributed by atoms with Crippen LogP contribution in [0.25, 0.3) is 0 Å². The molecule has 0 radical (unpaired) electrons. The molecule has 3 N–H and O–H groups in total. The van der Waals surface area contributed by atoms with Gasteiger partial charge in [-0.1, -0.05) is 87.0 Å². The number of hydrogen-bond donors (Lipinski definition) is 3. The van der Waals surface area contributed by atoms with Crippen LogP contribution in [0.1, 0.15) is 177 Å². The van der Waals surface area contributed by atoms with Crippen molar-refractivity contribution in [2.75, 3.05) is 75.5 Å². The SMILES string of the molecule is CC[C@H](C)[C@@H]1NC(=O)[C@H](CC(C)C)N(C)C(=O)C[C@@H](C)N(C)C(=O)[C@H](C(C)C)N(C)C(=O)C2(CCCC2)NC(=O)[C@@H]2CCCN2C(=O)[C@H](CCC2CCC(C(F)(F)F)C(Cl)C2)NC(=O)CN(C)C(=O)[C@H](CC2CCCC(C)C2)N(C)C(=O)CN(C)C(=O)CN(C)C1=O. The minimum absolute atomic E-state index is 0.0136. The number of nitrogens with zero attached hydrogens (tertiary/aromatic N) is 8. The molecule has 5 aliphatic rings.